The van der Waals surface area contributed by atoms with E-state index in [1.165, 1.54) is 91.5 Å². The van der Waals surface area contributed by atoms with Crippen LogP contribution in [0.25, 0.3) is 85.9 Å². The molecule has 278 valence electrons. The predicted octanol–water partition coefficient (Wildman–Crippen LogP) is 16.3. The normalized spacial score (nSPS) is 13.2. The van der Waals surface area contributed by atoms with Crippen molar-refractivity contribution in [2.24, 2.45) is 0 Å². The van der Waals surface area contributed by atoms with E-state index in [0.29, 0.717) is 0 Å². The monoisotopic (exact) mass is 770 g/mol. The molecule has 0 unspecified atom stereocenters. The van der Waals surface area contributed by atoms with Crippen molar-refractivity contribution >= 4 is 103 Å². The van der Waals surface area contributed by atoms with Crippen molar-refractivity contribution in [3.8, 4) is 11.1 Å². The lowest BCUT2D eigenvalue weighted by molar-refractivity contribution is 0.992. The maximum Gasteiger partial charge on any atom is 0.0544 e. The number of nitrogens with zero attached hydrogens (tertiary/aromatic N) is 2. The first-order valence-electron chi connectivity index (χ1n) is 20.5. The Labute approximate surface area is 346 Å². The highest BCUT2D eigenvalue weighted by atomic mass is 32.1. The van der Waals surface area contributed by atoms with Gasteiger partial charge in [0.25, 0.3) is 0 Å². The summed E-state index contributed by atoms with van der Waals surface area (Å²) in [6, 6.07) is 71.4. The Hall–Kier alpha value is -7.20. The molecule has 2 aromatic heterocycles. The summed E-state index contributed by atoms with van der Waals surface area (Å²) in [6.45, 7) is 0. The molecule has 11 aromatic rings. The van der Waals surface area contributed by atoms with Gasteiger partial charge in [-0.3, -0.25) is 0 Å². The first-order chi connectivity index (χ1) is 29.2. The van der Waals surface area contributed by atoms with E-state index in [2.05, 4.69) is 216 Å². The van der Waals surface area contributed by atoms with Gasteiger partial charge >= 0.3 is 0 Å². The third-order valence-electron chi connectivity index (χ3n) is 12.3. The van der Waals surface area contributed by atoms with Gasteiger partial charge in [0.15, 0.2) is 0 Å². The van der Waals surface area contributed by atoms with Crippen molar-refractivity contribution in [1.29, 1.82) is 0 Å². The lowest BCUT2D eigenvalue weighted by atomic mass is 9.95. The zero-order valence-electron chi connectivity index (χ0n) is 32.3. The molecule has 0 radical (unpaired) electrons. The van der Waals surface area contributed by atoms with Crippen LogP contribution in [0.1, 0.15) is 18.4 Å². The maximum absolute atomic E-state index is 2.49. The van der Waals surface area contributed by atoms with Crippen LogP contribution in [0.2, 0.25) is 0 Å². The highest BCUT2D eigenvalue weighted by molar-refractivity contribution is 7.25. The van der Waals surface area contributed by atoms with Crippen LogP contribution in [0.3, 0.4) is 0 Å². The van der Waals surface area contributed by atoms with E-state index in [9.17, 15) is 0 Å². The summed E-state index contributed by atoms with van der Waals surface area (Å²) < 4.78 is 5.10. The Morgan fingerprint density at radius 3 is 1.80 bits per heavy atom. The highest BCUT2D eigenvalue weighted by Crippen LogP contribution is 2.43. The summed E-state index contributed by atoms with van der Waals surface area (Å²) in [5.41, 5.74) is 12.4. The second-order valence-corrected chi connectivity index (χ2v) is 16.7. The summed E-state index contributed by atoms with van der Waals surface area (Å²) in [6.07, 6.45) is 6.64. The van der Waals surface area contributed by atoms with Crippen molar-refractivity contribution in [3.05, 3.63) is 212 Å². The molecule has 1 aliphatic rings. The lowest BCUT2D eigenvalue weighted by Crippen LogP contribution is -2.10. The summed E-state index contributed by atoms with van der Waals surface area (Å²) in [4.78, 5) is 2.40. The van der Waals surface area contributed by atoms with Gasteiger partial charge in [-0.1, -0.05) is 140 Å². The molecule has 3 heteroatoms. The van der Waals surface area contributed by atoms with Gasteiger partial charge in [-0.15, -0.1) is 11.3 Å². The number of allylic oxidation sites excluding steroid dienone is 4. The number of anilines is 3. The minimum absolute atomic E-state index is 0.971. The van der Waals surface area contributed by atoms with Crippen molar-refractivity contribution in [1.82, 2.24) is 4.57 Å². The van der Waals surface area contributed by atoms with Crippen molar-refractivity contribution < 1.29 is 0 Å². The van der Waals surface area contributed by atoms with Crippen LogP contribution in [0, 0.1) is 0 Å². The Morgan fingerprint density at radius 1 is 0.390 bits per heavy atom. The molecule has 0 saturated heterocycles. The molecule has 0 fully saturated rings. The Morgan fingerprint density at radius 2 is 1.02 bits per heavy atom. The minimum Gasteiger partial charge on any atom is -0.313 e. The highest BCUT2D eigenvalue weighted by Gasteiger charge is 2.19. The third-order valence-corrected chi connectivity index (χ3v) is 13.4. The summed E-state index contributed by atoms with van der Waals surface area (Å²) in [5, 5.41) is 10.3. The van der Waals surface area contributed by atoms with Gasteiger partial charge in [0.1, 0.15) is 0 Å². The molecule has 0 saturated carbocycles. The van der Waals surface area contributed by atoms with Crippen LogP contribution in [-0.2, 0) is 0 Å². The molecule has 0 atom stereocenters. The number of rotatable bonds is 6. The molecule has 9 aromatic carbocycles. The van der Waals surface area contributed by atoms with Gasteiger partial charge in [-0.05, 0) is 123 Å². The molecule has 0 amide bonds. The molecule has 1 aliphatic carbocycles. The summed E-state index contributed by atoms with van der Waals surface area (Å²) >= 11 is 1.86. The van der Waals surface area contributed by atoms with E-state index in [1.807, 2.05) is 11.3 Å². The van der Waals surface area contributed by atoms with Gasteiger partial charge in [0, 0.05) is 53.7 Å². The maximum atomic E-state index is 2.49. The lowest BCUT2D eigenvalue weighted by Gasteiger charge is -2.26. The second kappa shape index (κ2) is 13.7. The average Bonchev–Trinajstić information content (AvgIpc) is 3.83. The number of para-hydroxylation sites is 1. The van der Waals surface area contributed by atoms with Crippen LogP contribution in [0.5, 0.6) is 0 Å². The predicted molar refractivity (Wildman–Crippen MR) is 255 cm³/mol. The molecular formula is C56H38N2S. The van der Waals surface area contributed by atoms with E-state index in [0.717, 1.165) is 29.9 Å². The molecule has 0 bridgehead atoms. The topological polar surface area (TPSA) is 8.17 Å². The number of thiophene rings is 1. The molecule has 0 spiro atoms. The van der Waals surface area contributed by atoms with E-state index >= 15 is 0 Å². The molecule has 0 aliphatic heterocycles. The first-order valence-corrected chi connectivity index (χ1v) is 21.3. The van der Waals surface area contributed by atoms with E-state index in [4.69, 9.17) is 0 Å². The van der Waals surface area contributed by atoms with E-state index in [-0.39, 0.29) is 0 Å². The number of hydrogen-bond acceptors (Lipinski definition) is 2. The molecule has 0 N–H and O–H groups in total. The number of aromatic nitrogens is 1. The largest absolute Gasteiger partial charge is 0.313 e. The Balaban J connectivity index is 0.918. The van der Waals surface area contributed by atoms with Crippen molar-refractivity contribution in [2.75, 3.05) is 4.90 Å². The molecular weight excluding hydrogens is 733 g/mol. The summed E-state index contributed by atoms with van der Waals surface area (Å²) in [5.74, 6) is 0. The van der Waals surface area contributed by atoms with Gasteiger partial charge in [0.2, 0.25) is 0 Å². The van der Waals surface area contributed by atoms with Gasteiger partial charge in [0.05, 0.1) is 11.0 Å². The number of fused-ring (bicyclic) bond motifs is 8. The van der Waals surface area contributed by atoms with Gasteiger partial charge in [-0.2, -0.15) is 0 Å². The van der Waals surface area contributed by atoms with Crippen LogP contribution in [0.15, 0.2) is 206 Å². The van der Waals surface area contributed by atoms with Crippen LogP contribution in [-0.4, -0.2) is 4.57 Å². The van der Waals surface area contributed by atoms with E-state index in [1.54, 1.807) is 0 Å². The molecule has 2 nitrogen and oxygen atoms in total. The number of benzene rings is 9. The summed E-state index contributed by atoms with van der Waals surface area (Å²) in [7, 11) is 0. The second-order valence-electron chi connectivity index (χ2n) is 15.7. The minimum atomic E-state index is 0.971. The standard InChI is InChI=1S/C56H38N2S/c1-2-12-42-35-54-52(34-41(42)11-1)49-15-5-7-18-53(49)58(54)45-28-22-38(23-29-45)37-20-26-43(27-21-37)57(46-32-33-51-50-16-6-8-19-55(50)59-56(51)36-46)44-30-24-40(25-31-44)48-17-9-13-39-10-3-4-14-47(39)48/h1-22,24-28,30-36H,23,29H2. The average molecular weight is 771 g/mol. The van der Waals surface area contributed by atoms with Gasteiger partial charge in [-0.25, -0.2) is 0 Å². The smallest absolute Gasteiger partial charge is 0.0544 e. The van der Waals surface area contributed by atoms with Crippen LogP contribution >= 0.6 is 11.3 Å². The quantitative estimate of drug-likeness (QED) is 0.163. The zero-order valence-corrected chi connectivity index (χ0v) is 33.2. The van der Waals surface area contributed by atoms with E-state index < -0.39 is 0 Å². The third kappa shape index (κ3) is 5.69. The van der Waals surface area contributed by atoms with Crippen molar-refractivity contribution in [3.63, 3.8) is 0 Å². The Bertz CT molecular complexity index is 3480. The molecule has 2 heterocycles. The number of hydrogen-bond donors (Lipinski definition) is 0. The molecule has 59 heavy (non-hydrogen) atoms. The fourth-order valence-corrected chi connectivity index (χ4v) is 10.5. The zero-order chi connectivity index (χ0) is 38.9. The first kappa shape index (κ1) is 33.9. The fraction of sp³-hybridized carbons (Fsp3) is 0.0357. The Kier molecular flexibility index (Phi) is 7.89. The SMILES string of the molecule is C1=C(c2ccc(N(c3ccc(-c4cccc5ccccc45)cc3)c3ccc4c(c3)sc3ccccc34)cc2)CCC(n2c3ccccc3c3cc4ccccc4cc32)=C1. The molecule has 12 rings (SSSR count). The van der Waals surface area contributed by atoms with Crippen LogP contribution in [0.4, 0.5) is 17.1 Å². The van der Waals surface area contributed by atoms with Crippen molar-refractivity contribution in [2.45, 2.75) is 12.8 Å². The fourth-order valence-electron chi connectivity index (χ4n) is 9.41. The van der Waals surface area contributed by atoms with Crippen LogP contribution < -0.4 is 4.90 Å². The van der Waals surface area contributed by atoms with Gasteiger partial charge < -0.3 is 9.47 Å².